The van der Waals surface area contributed by atoms with E-state index >= 15 is 0 Å². The van der Waals surface area contributed by atoms with Crippen molar-refractivity contribution in [2.24, 2.45) is 11.7 Å². The third-order valence-electron chi connectivity index (χ3n) is 6.70. The minimum Gasteiger partial charge on any atom is -0.366 e. The van der Waals surface area contributed by atoms with Crippen LogP contribution in [0.25, 0.3) is 22.0 Å². The molecule has 2 aromatic carbocycles. The SMILES string of the molecule is CC(C)Cc1nc2c(c(-c3ccc4c(ccn4Cc4ccc(C#N)c(F)c4)c3)c1C(N)=O)C(=O)NC2C. The Labute approximate surface area is 213 Å². The fourth-order valence-corrected chi connectivity index (χ4v) is 5.06. The maximum atomic E-state index is 14.1. The lowest BCUT2D eigenvalue weighted by molar-refractivity contribution is 0.0959. The van der Waals surface area contributed by atoms with Gasteiger partial charge in [0, 0.05) is 29.2 Å². The number of rotatable bonds is 6. The number of halogens is 1. The zero-order chi connectivity index (χ0) is 26.4. The number of primary amides is 1. The number of pyridine rings is 1. The molecule has 4 aromatic rings. The number of hydrogen-bond donors (Lipinski definition) is 2. The van der Waals surface area contributed by atoms with Gasteiger partial charge in [0.2, 0.25) is 0 Å². The number of carbonyl (C=O) groups excluding carboxylic acids is 2. The zero-order valence-corrected chi connectivity index (χ0v) is 20.8. The lowest BCUT2D eigenvalue weighted by Crippen LogP contribution is -2.20. The van der Waals surface area contributed by atoms with Gasteiger partial charge < -0.3 is 15.6 Å². The van der Waals surface area contributed by atoms with Crippen molar-refractivity contribution in [1.82, 2.24) is 14.9 Å². The fourth-order valence-electron chi connectivity index (χ4n) is 5.06. The van der Waals surface area contributed by atoms with Crippen LogP contribution in [-0.4, -0.2) is 21.4 Å². The standard InChI is InChI=1S/C29H26FN5O2/c1-15(2)10-22-25(28(32)36)24(26-27(34-22)16(3)33-29(26)37)19-6-7-23-18(12-19)8-9-35(23)14-17-4-5-20(13-31)21(30)11-17/h4-9,11-12,15-16H,10,14H2,1-3H3,(H2,32,36)(H,33,37). The van der Waals surface area contributed by atoms with E-state index in [-0.39, 0.29) is 29.0 Å². The van der Waals surface area contributed by atoms with Crippen LogP contribution in [0.15, 0.2) is 48.7 Å². The maximum Gasteiger partial charge on any atom is 0.254 e. The number of nitrogens with two attached hydrogens (primary N) is 1. The highest BCUT2D eigenvalue weighted by molar-refractivity contribution is 6.12. The van der Waals surface area contributed by atoms with Crippen LogP contribution >= 0.6 is 0 Å². The number of amides is 2. The van der Waals surface area contributed by atoms with E-state index in [1.807, 2.05) is 61.9 Å². The molecule has 0 saturated heterocycles. The highest BCUT2D eigenvalue weighted by Gasteiger charge is 2.35. The van der Waals surface area contributed by atoms with Crippen LogP contribution in [0.5, 0.6) is 0 Å². The molecule has 0 bridgehead atoms. The molecule has 7 nitrogen and oxygen atoms in total. The molecule has 37 heavy (non-hydrogen) atoms. The van der Waals surface area contributed by atoms with Crippen molar-refractivity contribution in [3.8, 4) is 17.2 Å². The van der Waals surface area contributed by atoms with Crippen LogP contribution < -0.4 is 11.1 Å². The molecule has 0 spiro atoms. The van der Waals surface area contributed by atoms with Crippen molar-refractivity contribution in [2.75, 3.05) is 0 Å². The Morgan fingerprint density at radius 1 is 1.22 bits per heavy atom. The van der Waals surface area contributed by atoms with Crippen molar-refractivity contribution < 1.29 is 14.0 Å². The minimum atomic E-state index is -0.617. The second-order valence-corrected chi connectivity index (χ2v) is 9.87. The number of nitrogens with one attached hydrogen (secondary N) is 1. The number of benzene rings is 2. The molecule has 0 saturated carbocycles. The summed E-state index contributed by atoms with van der Waals surface area (Å²) in [5, 5.41) is 12.8. The average molecular weight is 496 g/mol. The van der Waals surface area contributed by atoms with Gasteiger partial charge in [0.25, 0.3) is 11.8 Å². The van der Waals surface area contributed by atoms with Crippen LogP contribution in [0.3, 0.4) is 0 Å². The van der Waals surface area contributed by atoms with Crippen molar-refractivity contribution >= 4 is 22.7 Å². The second-order valence-electron chi connectivity index (χ2n) is 9.87. The van der Waals surface area contributed by atoms with E-state index in [0.717, 1.165) is 16.5 Å². The number of nitrogens with zero attached hydrogens (tertiary/aromatic N) is 3. The fraction of sp³-hybridized carbons (Fsp3) is 0.241. The molecule has 1 atom stereocenters. The normalized spacial score (nSPS) is 14.6. The van der Waals surface area contributed by atoms with E-state index in [0.29, 0.717) is 41.0 Å². The van der Waals surface area contributed by atoms with E-state index < -0.39 is 11.7 Å². The summed E-state index contributed by atoms with van der Waals surface area (Å²) in [5.41, 5.74) is 10.6. The number of hydrogen-bond acceptors (Lipinski definition) is 4. The smallest absolute Gasteiger partial charge is 0.254 e. The van der Waals surface area contributed by atoms with Gasteiger partial charge in [-0.3, -0.25) is 14.6 Å². The first kappa shape index (κ1) is 24.2. The average Bonchev–Trinajstić information content (AvgIpc) is 3.37. The minimum absolute atomic E-state index is 0.0103. The number of nitriles is 1. The summed E-state index contributed by atoms with van der Waals surface area (Å²) >= 11 is 0. The van der Waals surface area contributed by atoms with Crippen LogP contribution in [0.4, 0.5) is 4.39 Å². The van der Waals surface area contributed by atoms with Crippen molar-refractivity contribution in [2.45, 2.75) is 39.8 Å². The Hall–Kier alpha value is -4.51. The highest BCUT2D eigenvalue weighted by atomic mass is 19.1. The first-order valence-electron chi connectivity index (χ1n) is 12.1. The quantitative estimate of drug-likeness (QED) is 0.397. The molecule has 5 rings (SSSR count). The van der Waals surface area contributed by atoms with E-state index in [1.54, 1.807) is 6.07 Å². The van der Waals surface area contributed by atoms with E-state index in [1.165, 1.54) is 12.1 Å². The van der Waals surface area contributed by atoms with Crippen molar-refractivity contribution in [3.63, 3.8) is 0 Å². The summed E-state index contributed by atoms with van der Waals surface area (Å²) in [7, 11) is 0. The van der Waals surface area contributed by atoms with Crippen LogP contribution in [0, 0.1) is 23.1 Å². The Morgan fingerprint density at radius 2 is 2.00 bits per heavy atom. The van der Waals surface area contributed by atoms with Gasteiger partial charge in [-0.1, -0.05) is 26.0 Å². The monoisotopic (exact) mass is 495 g/mol. The van der Waals surface area contributed by atoms with Gasteiger partial charge in [0.05, 0.1) is 34.1 Å². The lowest BCUT2D eigenvalue weighted by Gasteiger charge is -2.18. The van der Waals surface area contributed by atoms with Crippen LogP contribution in [0.2, 0.25) is 0 Å². The molecule has 1 aliphatic heterocycles. The van der Waals surface area contributed by atoms with Gasteiger partial charge in [-0.2, -0.15) is 5.26 Å². The number of fused-ring (bicyclic) bond motifs is 2. The summed E-state index contributed by atoms with van der Waals surface area (Å²) in [6.07, 6.45) is 2.45. The molecular weight excluding hydrogens is 469 g/mol. The number of aromatic nitrogens is 2. The molecule has 2 aromatic heterocycles. The Bertz CT molecular complexity index is 1630. The molecule has 3 N–H and O–H groups in total. The second kappa shape index (κ2) is 9.17. The number of carbonyl (C=O) groups is 2. The van der Waals surface area contributed by atoms with Crippen molar-refractivity contribution in [3.05, 3.63) is 88.1 Å². The van der Waals surface area contributed by atoms with Gasteiger partial charge in [-0.25, -0.2) is 4.39 Å². The third kappa shape index (κ3) is 4.23. The van der Waals surface area contributed by atoms with Gasteiger partial charge >= 0.3 is 0 Å². The van der Waals surface area contributed by atoms with E-state index in [4.69, 9.17) is 16.0 Å². The predicted molar refractivity (Wildman–Crippen MR) is 138 cm³/mol. The Kier molecular flexibility index (Phi) is 6.00. The Morgan fingerprint density at radius 3 is 2.68 bits per heavy atom. The first-order chi connectivity index (χ1) is 17.7. The van der Waals surface area contributed by atoms with Crippen LogP contribution in [0.1, 0.15) is 70.0 Å². The topological polar surface area (TPSA) is 114 Å². The summed E-state index contributed by atoms with van der Waals surface area (Å²) in [5.74, 6) is -1.20. The summed E-state index contributed by atoms with van der Waals surface area (Å²) in [6, 6.07) is 13.8. The molecule has 0 radical (unpaired) electrons. The van der Waals surface area contributed by atoms with Gasteiger partial charge in [0.1, 0.15) is 11.9 Å². The molecule has 1 aliphatic rings. The van der Waals surface area contributed by atoms with E-state index in [9.17, 15) is 14.0 Å². The maximum absolute atomic E-state index is 14.1. The molecule has 3 heterocycles. The molecule has 1 unspecified atom stereocenters. The Balaban J connectivity index is 1.64. The lowest BCUT2D eigenvalue weighted by atomic mass is 9.89. The van der Waals surface area contributed by atoms with E-state index in [2.05, 4.69) is 5.32 Å². The molecule has 186 valence electrons. The van der Waals surface area contributed by atoms with Gasteiger partial charge in [0.15, 0.2) is 0 Å². The molecular formula is C29H26FN5O2. The van der Waals surface area contributed by atoms with Crippen LogP contribution in [-0.2, 0) is 13.0 Å². The molecule has 0 fully saturated rings. The summed E-state index contributed by atoms with van der Waals surface area (Å²) < 4.78 is 16.1. The van der Waals surface area contributed by atoms with Gasteiger partial charge in [-0.15, -0.1) is 0 Å². The molecule has 8 heteroatoms. The molecule has 0 aliphatic carbocycles. The zero-order valence-electron chi connectivity index (χ0n) is 20.8. The largest absolute Gasteiger partial charge is 0.366 e. The third-order valence-corrected chi connectivity index (χ3v) is 6.70. The first-order valence-corrected chi connectivity index (χ1v) is 12.1. The summed E-state index contributed by atoms with van der Waals surface area (Å²) in [4.78, 5) is 30.4. The van der Waals surface area contributed by atoms with Crippen molar-refractivity contribution in [1.29, 1.82) is 5.26 Å². The highest BCUT2D eigenvalue weighted by Crippen LogP contribution is 2.38. The van der Waals surface area contributed by atoms with Gasteiger partial charge in [-0.05, 0) is 60.7 Å². The summed E-state index contributed by atoms with van der Waals surface area (Å²) in [6.45, 7) is 6.38. The predicted octanol–water partition coefficient (Wildman–Crippen LogP) is 4.86. The molecule has 2 amide bonds.